The van der Waals surface area contributed by atoms with Crippen molar-refractivity contribution in [3.8, 4) is 0 Å². The molecule has 1 fully saturated rings. The van der Waals surface area contributed by atoms with Gasteiger partial charge in [0.05, 0.1) is 7.11 Å². The second-order valence-corrected chi connectivity index (χ2v) is 2.92. The van der Waals surface area contributed by atoms with Crippen LogP contribution in [0.25, 0.3) is 0 Å². The predicted molar refractivity (Wildman–Crippen MR) is 42.3 cm³/mol. The molecule has 0 aromatic rings. The molecule has 0 spiro atoms. The van der Waals surface area contributed by atoms with Gasteiger partial charge in [-0.15, -0.1) is 0 Å². The highest BCUT2D eigenvalue weighted by molar-refractivity contribution is 5.75. The van der Waals surface area contributed by atoms with Crippen molar-refractivity contribution in [1.82, 2.24) is 5.32 Å². The lowest BCUT2D eigenvalue weighted by molar-refractivity contribution is -0.143. The maximum atomic E-state index is 11.0. The molecule has 0 bridgehead atoms. The molecule has 3 nitrogen and oxygen atoms in total. The van der Waals surface area contributed by atoms with E-state index in [4.69, 9.17) is 0 Å². The lowest BCUT2D eigenvalue weighted by Crippen LogP contribution is -2.38. The first kappa shape index (κ1) is 8.53. The predicted octanol–water partition coefficient (Wildman–Crippen LogP) is 0.690. The van der Waals surface area contributed by atoms with Crippen LogP contribution >= 0.6 is 0 Å². The second kappa shape index (κ2) is 3.72. The molecule has 0 saturated heterocycles. The minimum Gasteiger partial charge on any atom is -0.468 e. The topological polar surface area (TPSA) is 38.3 Å². The van der Waals surface area contributed by atoms with Crippen molar-refractivity contribution in [1.29, 1.82) is 0 Å². The molecule has 0 amide bonds. The van der Waals surface area contributed by atoms with Crippen molar-refractivity contribution in [2.45, 2.75) is 38.3 Å². The maximum Gasteiger partial charge on any atom is 0.322 e. The average molecular weight is 157 g/mol. The zero-order valence-electron chi connectivity index (χ0n) is 7.09. The highest BCUT2D eigenvalue weighted by Gasteiger charge is 2.27. The summed E-state index contributed by atoms with van der Waals surface area (Å²) >= 11 is 0. The Morgan fingerprint density at radius 3 is 2.73 bits per heavy atom. The average Bonchev–Trinajstić information content (AvgIpc) is 2.82. The van der Waals surface area contributed by atoms with Crippen LogP contribution in [-0.2, 0) is 9.53 Å². The van der Waals surface area contributed by atoms with Crippen molar-refractivity contribution in [2.75, 3.05) is 7.11 Å². The second-order valence-electron chi connectivity index (χ2n) is 2.92. The minimum absolute atomic E-state index is 0.0903. The van der Waals surface area contributed by atoms with Gasteiger partial charge in [0.1, 0.15) is 6.04 Å². The molecule has 64 valence electrons. The van der Waals surface area contributed by atoms with E-state index < -0.39 is 0 Å². The number of methoxy groups -OCH3 is 1. The molecule has 1 N–H and O–H groups in total. The number of ether oxygens (including phenoxy) is 1. The fourth-order valence-corrected chi connectivity index (χ4v) is 1.03. The highest BCUT2D eigenvalue weighted by atomic mass is 16.5. The Morgan fingerprint density at radius 2 is 2.36 bits per heavy atom. The fourth-order valence-electron chi connectivity index (χ4n) is 1.03. The summed E-state index contributed by atoms with van der Waals surface area (Å²) in [5.41, 5.74) is 0. The molecule has 1 saturated carbocycles. The summed E-state index contributed by atoms with van der Waals surface area (Å²) in [6.07, 6.45) is 3.21. The molecule has 0 aromatic carbocycles. The van der Waals surface area contributed by atoms with Crippen molar-refractivity contribution < 1.29 is 9.53 Å². The summed E-state index contributed by atoms with van der Waals surface area (Å²) in [6.45, 7) is 1.98. The van der Waals surface area contributed by atoms with Crippen LogP contribution in [0.2, 0.25) is 0 Å². The lowest BCUT2D eigenvalue weighted by atomic mass is 10.2. The van der Waals surface area contributed by atoms with Crippen LogP contribution in [0.1, 0.15) is 26.2 Å². The Bertz CT molecular complexity index is 143. The van der Waals surface area contributed by atoms with Gasteiger partial charge in [-0.3, -0.25) is 4.79 Å². The van der Waals surface area contributed by atoms with Gasteiger partial charge in [-0.1, -0.05) is 6.92 Å². The van der Waals surface area contributed by atoms with Gasteiger partial charge in [-0.25, -0.2) is 0 Å². The molecule has 0 aromatic heterocycles. The summed E-state index contributed by atoms with van der Waals surface area (Å²) in [4.78, 5) is 11.0. The van der Waals surface area contributed by atoms with Crippen LogP contribution in [-0.4, -0.2) is 25.2 Å². The van der Waals surface area contributed by atoms with Gasteiger partial charge in [-0.2, -0.15) is 0 Å². The lowest BCUT2D eigenvalue weighted by Gasteiger charge is -2.12. The van der Waals surface area contributed by atoms with Gasteiger partial charge in [0.15, 0.2) is 0 Å². The standard InChI is InChI=1S/C8H15NO2/c1-3-7(8(10)11-2)9-6-4-5-6/h6-7,9H,3-5H2,1-2H3. The molecule has 3 heteroatoms. The first-order valence-electron chi connectivity index (χ1n) is 4.11. The van der Waals surface area contributed by atoms with E-state index in [9.17, 15) is 4.79 Å². The van der Waals surface area contributed by atoms with Crippen LogP contribution < -0.4 is 5.32 Å². The fraction of sp³-hybridized carbons (Fsp3) is 0.875. The smallest absolute Gasteiger partial charge is 0.322 e. The number of esters is 1. The zero-order valence-corrected chi connectivity index (χ0v) is 7.09. The first-order valence-corrected chi connectivity index (χ1v) is 4.11. The summed E-state index contributed by atoms with van der Waals surface area (Å²) in [5.74, 6) is -0.139. The van der Waals surface area contributed by atoms with E-state index in [1.807, 2.05) is 6.92 Å². The Balaban J connectivity index is 2.27. The summed E-state index contributed by atoms with van der Waals surface area (Å²) < 4.78 is 4.63. The normalized spacial score (nSPS) is 19.5. The third-order valence-electron chi connectivity index (χ3n) is 1.91. The van der Waals surface area contributed by atoms with Crippen LogP contribution in [0, 0.1) is 0 Å². The number of carbonyl (C=O) groups excluding carboxylic acids is 1. The van der Waals surface area contributed by atoms with Crippen molar-refractivity contribution in [3.63, 3.8) is 0 Å². The third-order valence-corrected chi connectivity index (χ3v) is 1.91. The van der Waals surface area contributed by atoms with Gasteiger partial charge in [-0.05, 0) is 19.3 Å². The Labute approximate surface area is 67.1 Å². The first-order chi connectivity index (χ1) is 5.27. The largest absolute Gasteiger partial charge is 0.468 e. The number of hydrogen-bond donors (Lipinski definition) is 1. The molecule has 0 heterocycles. The monoisotopic (exact) mass is 157 g/mol. The van der Waals surface area contributed by atoms with Crippen LogP contribution in [0.4, 0.5) is 0 Å². The molecule has 0 aliphatic heterocycles. The minimum atomic E-state index is -0.139. The van der Waals surface area contributed by atoms with E-state index in [1.54, 1.807) is 0 Å². The van der Waals surface area contributed by atoms with Gasteiger partial charge >= 0.3 is 5.97 Å². The summed E-state index contributed by atoms with van der Waals surface area (Å²) in [7, 11) is 1.43. The maximum absolute atomic E-state index is 11.0. The highest BCUT2D eigenvalue weighted by Crippen LogP contribution is 2.20. The molecule has 1 aliphatic rings. The summed E-state index contributed by atoms with van der Waals surface area (Å²) in [6, 6.07) is 0.478. The molecule has 1 unspecified atom stereocenters. The van der Waals surface area contributed by atoms with Crippen LogP contribution in [0.15, 0.2) is 0 Å². The van der Waals surface area contributed by atoms with Crippen molar-refractivity contribution >= 4 is 5.97 Å². The molecule has 1 atom stereocenters. The molecule has 11 heavy (non-hydrogen) atoms. The van der Waals surface area contributed by atoms with E-state index in [1.165, 1.54) is 20.0 Å². The van der Waals surface area contributed by atoms with Crippen molar-refractivity contribution in [3.05, 3.63) is 0 Å². The van der Waals surface area contributed by atoms with Gasteiger partial charge in [0.25, 0.3) is 0 Å². The van der Waals surface area contributed by atoms with E-state index in [0.29, 0.717) is 6.04 Å². The quantitative estimate of drug-likeness (QED) is 0.610. The van der Waals surface area contributed by atoms with Gasteiger partial charge in [0, 0.05) is 6.04 Å². The molecule has 1 aliphatic carbocycles. The summed E-state index contributed by atoms with van der Waals surface area (Å²) in [5, 5.41) is 3.22. The van der Waals surface area contributed by atoms with Gasteiger partial charge < -0.3 is 10.1 Å². The Kier molecular flexibility index (Phi) is 2.88. The number of rotatable bonds is 4. The van der Waals surface area contributed by atoms with E-state index in [0.717, 1.165) is 6.42 Å². The van der Waals surface area contributed by atoms with Gasteiger partial charge in [0.2, 0.25) is 0 Å². The van der Waals surface area contributed by atoms with Crippen LogP contribution in [0.3, 0.4) is 0 Å². The van der Waals surface area contributed by atoms with E-state index >= 15 is 0 Å². The molecule has 0 radical (unpaired) electrons. The SMILES string of the molecule is CCC(NC1CC1)C(=O)OC. The van der Waals surface area contributed by atoms with Crippen molar-refractivity contribution in [2.24, 2.45) is 0 Å². The van der Waals surface area contributed by atoms with E-state index in [-0.39, 0.29) is 12.0 Å². The third kappa shape index (κ3) is 2.50. The molecule has 1 rings (SSSR count). The molecular formula is C8H15NO2. The zero-order chi connectivity index (χ0) is 8.27. The Hall–Kier alpha value is -0.570. The number of nitrogens with one attached hydrogen (secondary N) is 1. The number of carbonyl (C=O) groups is 1. The van der Waals surface area contributed by atoms with E-state index in [2.05, 4.69) is 10.1 Å². The number of hydrogen-bond acceptors (Lipinski definition) is 3. The Morgan fingerprint density at radius 1 is 1.73 bits per heavy atom. The van der Waals surface area contributed by atoms with Crippen LogP contribution in [0.5, 0.6) is 0 Å². The molecular weight excluding hydrogens is 142 g/mol.